The molecule has 0 bridgehead atoms. The number of carbonyl (C=O) groups is 1. The summed E-state index contributed by atoms with van der Waals surface area (Å²) in [6.07, 6.45) is 4.68. The van der Waals surface area contributed by atoms with Gasteiger partial charge in [0.1, 0.15) is 11.5 Å². The van der Waals surface area contributed by atoms with E-state index in [-0.39, 0.29) is 0 Å². The van der Waals surface area contributed by atoms with Crippen LogP contribution in [0.15, 0.2) is 36.4 Å². The van der Waals surface area contributed by atoms with E-state index in [4.69, 9.17) is 9.47 Å². The summed E-state index contributed by atoms with van der Waals surface area (Å²) in [6, 6.07) is 7.12. The van der Waals surface area contributed by atoms with Crippen molar-refractivity contribution >= 4 is 5.97 Å². The van der Waals surface area contributed by atoms with Crippen LogP contribution in [0, 0.1) is 0 Å². The lowest BCUT2D eigenvalue weighted by Gasteiger charge is -2.08. The van der Waals surface area contributed by atoms with Crippen molar-refractivity contribution in [2.75, 3.05) is 6.61 Å². The summed E-state index contributed by atoms with van der Waals surface area (Å²) in [4.78, 5) is 11.4. The fraction of sp³-hybridized carbons (Fsp3) is 0.438. The zero-order valence-corrected chi connectivity index (χ0v) is 11.8. The molecule has 0 amide bonds. The SMILES string of the molecule is C=C(C)C(=O)Oc1cccc(OCCCCCC)c1. The van der Waals surface area contributed by atoms with Crippen molar-refractivity contribution in [1.82, 2.24) is 0 Å². The van der Waals surface area contributed by atoms with Crippen molar-refractivity contribution < 1.29 is 14.3 Å². The minimum Gasteiger partial charge on any atom is -0.493 e. The van der Waals surface area contributed by atoms with E-state index in [9.17, 15) is 4.79 Å². The lowest BCUT2D eigenvalue weighted by atomic mass is 10.2. The molecule has 0 unspecified atom stereocenters. The van der Waals surface area contributed by atoms with Gasteiger partial charge >= 0.3 is 5.97 Å². The lowest BCUT2D eigenvalue weighted by molar-refractivity contribution is -0.130. The van der Waals surface area contributed by atoms with Crippen LogP contribution in [0.4, 0.5) is 0 Å². The van der Waals surface area contributed by atoms with Gasteiger partial charge < -0.3 is 9.47 Å². The number of ether oxygens (including phenoxy) is 2. The van der Waals surface area contributed by atoms with Gasteiger partial charge in [0.05, 0.1) is 6.61 Å². The summed E-state index contributed by atoms with van der Waals surface area (Å²) >= 11 is 0. The molecule has 0 radical (unpaired) electrons. The maximum atomic E-state index is 11.4. The van der Waals surface area contributed by atoms with Crippen molar-refractivity contribution in [3.8, 4) is 11.5 Å². The smallest absolute Gasteiger partial charge is 0.338 e. The molecule has 104 valence electrons. The van der Waals surface area contributed by atoms with Crippen molar-refractivity contribution in [2.24, 2.45) is 0 Å². The van der Waals surface area contributed by atoms with Crippen LogP contribution in [-0.2, 0) is 4.79 Å². The Morgan fingerprint density at radius 1 is 1.21 bits per heavy atom. The maximum Gasteiger partial charge on any atom is 0.338 e. The number of esters is 1. The van der Waals surface area contributed by atoms with Crippen LogP contribution < -0.4 is 9.47 Å². The standard InChI is InChI=1S/C16H22O3/c1-4-5-6-7-11-18-14-9-8-10-15(12-14)19-16(17)13(2)3/h8-10,12H,2,4-7,11H2,1,3H3. The molecule has 0 heterocycles. The van der Waals surface area contributed by atoms with Gasteiger partial charge in [0.15, 0.2) is 0 Å². The average molecular weight is 262 g/mol. The van der Waals surface area contributed by atoms with Crippen LogP contribution in [0.25, 0.3) is 0 Å². The Balaban J connectivity index is 2.43. The Bertz CT molecular complexity index is 424. The number of hydrogen-bond acceptors (Lipinski definition) is 3. The third kappa shape index (κ3) is 6.09. The number of hydrogen-bond donors (Lipinski definition) is 0. The van der Waals surface area contributed by atoms with Gasteiger partial charge in [-0.1, -0.05) is 38.8 Å². The van der Waals surface area contributed by atoms with Crippen LogP contribution in [0.2, 0.25) is 0 Å². The van der Waals surface area contributed by atoms with E-state index in [2.05, 4.69) is 13.5 Å². The fourth-order valence-electron chi connectivity index (χ4n) is 1.54. The van der Waals surface area contributed by atoms with Gasteiger partial charge in [0, 0.05) is 11.6 Å². The van der Waals surface area contributed by atoms with E-state index >= 15 is 0 Å². The van der Waals surface area contributed by atoms with Gasteiger partial charge in [-0.2, -0.15) is 0 Å². The molecule has 0 saturated heterocycles. The monoisotopic (exact) mass is 262 g/mol. The third-order valence-corrected chi connectivity index (χ3v) is 2.63. The van der Waals surface area contributed by atoms with Crippen LogP contribution in [0.3, 0.4) is 0 Å². The first kappa shape index (κ1) is 15.3. The molecule has 1 aromatic rings. The molecule has 0 fully saturated rings. The van der Waals surface area contributed by atoms with Crippen LogP contribution >= 0.6 is 0 Å². The highest BCUT2D eigenvalue weighted by atomic mass is 16.5. The minimum absolute atomic E-state index is 0.380. The normalized spacial score (nSPS) is 10.0. The fourth-order valence-corrected chi connectivity index (χ4v) is 1.54. The molecule has 1 aromatic carbocycles. The molecule has 0 aromatic heterocycles. The van der Waals surface area contributed by atoms with E-state index in [1.54, 1.807) is 19.1 Å². The van der Waals surface area contributed by atoms with Gasteiger partial charge in [0.25, 0.3) is 0 Å². The summed E-state index contributed by atoms with van der Waals surface area (Å²) in [6.45, 7) is 8.04. The van der Waals surface area contributed by atoms with Crippen LogP contribution in [0.1, 0.15) is 39.5 Å². The van der Waals surface area contributed by atoms with Gasteiger partial charge in [-0.05, 0) is 25.5 Å². The first-order chi connectivity index (χ1) is 9.13. The first-order valence-corrected chi connectivity index (χ1v) is 6.74. The topological polar surface area (TPSA) is 35.5 Å². The highest BCUT2D eigenvalue weighted by Crippen LogP contribution is 2.20. The van der Waals surface area contributed by atoms with Crippen molar-refractivity contribution in [3.05, 3.63) is 36.4 Å². The molecule has 1 rings (SSSR count). The molecule has 0 N–H and O–H groups in total. The van der Waals surface area contributed by atoms with Gasteiger partial charge in [0.2, 0.25) is 0 Å². The third-order valence-electron chi connectivity index (χ3n) is 2.63. The van der Waals surface area contributed by atoms with E-state index in [1.165, 1.54) is 19.3 Å². The summed E-state index contributed by atoms with van der Waals surface area (Å²) in [5.74, 6) is 0.794. The number of unbranched alkanes of at least 4 members (excludes halogenated alkanes) is 3. The summed E-state index contributed by atoms with van der Waals surface area (Å²) in [5.41, 5.74) is 0.380. The molecule has 0 aliphatic carbocycles. The molecule has 0 atom stereocenters. The molecular formula is C16H22O3. The molecular weight excluding hydrogens is 240 g/mol. The van der Waals surface area contributed by atoms with Gasteiger partial charge in [-0.3, -0.25) is 0 Å². The molecule has 0 aliphatic heterocycles. The number of carbonyl (C=O) groups excluding carboxylic acids is 1. The van der Waals surface area contributed by atoms with Crippen LogP contribution in [0.5, 0.6) is 11.5 Å². The van der Waals surface area contributed by atoms with Gasteiger partial charge in [-0.15, -0.1) is 0 Å². The zero-order valence-electron chi connectivity index (χ0n) is 11.8. The quantitative estimate of drug-likeness (QED) is 0.306. The summed E-state index contributed by atoms with van der Waals surface area (Å²) in [7, 11) is 0. The Morgan fingerprint density at radius 3 is 2.63 bits per heavy atom. The Labute approximate surface area is 115 Å². The largest absolute Gasteiger partial charge is 0.493 e. The second-order valence-corrected chi connectivity index (χ2v) is 4.55. The average Bonchev–Trinajstić information content (AvgIpc) is 2.39. The Kier molecular flexibility index (Phi) is 6.72. The molecule has 0 aliphatic rings. The number of benzene rings is 1. The first-order valence-electron chi connectivity index (χ1n) is 6.74. The van der Waals surface area contributed by atoms with Crippen molar-refractivity contribution in [2.45, 2.75) is 39.5 Å². The van der Waals surface area contributed by atoms with Crippen molar-refractivity contribution in [1.29, 1.82) is 0 Å². The van der Waals surface area contributed by atoms with E-state index in [0.717, 1.165) is 12.2 Å². The predicted molar refractivity (Wildman–Crippen MR) is 76.5 cm³/mol. The van der Waals surface area contributed by atoms with Gasteiger partial charge in [-0.25, -0.2) is 4.79 Å². The molecule has 3 heteroatoms. The Hall–Kier alpha value is -1.77. The second kappa shape index (κ2) is 8.35. The van der Waals surface area contributed by atoms with E-state index in [1.807, 2.05) is 12.1 Å². The predicted octanol–water partition coefficient (Wildman–Crippen LogP) is 4.13. The molecule has 0 spiro atoms. The summed E-state index contributed by atoms with van der Waals surface area (Å²) < 4.78 is 10.8. The zero-order chi connectivity index (χ0) is 14.1. The summed E-state index contributed by atoms with van der Waals surface area (Å²) in [5, 5.41) is 0. The Morgan fingerprint density at radius 2 is 1.95 bits per heavy atom. The maximum absolute atomic E-state index is 11.4. The van der Waals surface area contributed by atoms with Crippen molar-refractivity contribution in [3.63, 3.8) is 0 Å². The van der Waals surface area contributed by atoms with E-state index in [0.29, 0.717) is 17.9 Å². The lowest BCUT2D eigenvalue weighted by Crippen LogP contribution is -2.08. The van der Waals surface area contributed by atoms with E-state index < -0.39 is 5.97 Å². The highest BCUT2D eigenvalue weighted by Gasteiger charge is 2.05. The molecule has 19 heavy (non-hydrogen) atoms. The highest BCUT2D eigenvalue weighted by molar-refractivity contribution is 5.88. The second-order valence-electron chi connectivity index (χ2n) is 4.55. The minimum atomic E-state index is -0.417. The molecule has 0 saturated carbocycles. The van der Waals surface area contributed by atoms with Crippen LogP contribution in [-0.4, -0.2) is 12.6 Å². The number of rotatable bonds is 8. The molecule has 3 nitrogen and oxygen atoms in total.